The molecule has 0 radical (unpaired) electrons. The first-order valence-electron chi connectivity index (χ1n) is 11.9. The third-order valence-corrected chi connectivity index (χ3v) is 7.60. The summed E-state index contributed by atoms with van der Waals surface area (Å²) in [5.41, 5.74) is 3.87. The molecule has 1 aliphatic rings. The van der Waals surface area contributed by atoms with E-state index < -0.39 is 6.10 Å². The molecule has 2 aromatic heterocycles. The molecule has 0 aliphatic carbocycles. The number of hydrogen-bond donors (Lipinski definition) is 1. The molecule has 4 rings (SSSR count). The van der Waals surface area contributed by atoms with E-state index in [1.807, 2.05) is 0 Å². The molecule has 0 spiro atoms. The van der Waals surface area contributed by atoms with Gasteiger partial charge in [-0.05, 0) is 50.4 Å². The smallest absolute Gasteiger partial charge is 0.203 e. The van der Waals surface area contributed by atoms with Crippen molar-refractivity contribution < 1.29 is 24.1 Å². The first kappa shape index (κ1) is 26.5. The van der Waals surface area contributed by atoms with Gasteiger partial charge in [-0.1, -0.05) is 6.08 Å². The van der Waals surface area contributed by atoms with E-state index in [1.54, 1.807) is 56.1 Å². The fourth-order valence-corrected chi connectivity index (χ4v) is 5.61. The van der Waals surface area contributed by atoms with Gasteiger partial charge >= 0.3 is 0 Å². The van der Waals surface area contributed by atoms with Gasteiger partial charge in [-0.3, -0.25) is 9.80 Å². The van der Waals surface area contributed by atoms with E-state index in [9.17, 15) is 5.11 Å². The molecule has 1 fully saturated rings. The average molecular weight is 531 g/mol. The van der Waals surface area contributed by atoms with Gasteiger partial charge in [0.1, 0.15) is 18.5 Å². The Morgan fingerprint density at radius 2 is 1.50 bits per heavy atom. The van der Waals surface area contributed by atoms with Gasteiger partial charge in [-0.25, -0.2) is 0 Å². The lowest BCUT2D eigenvalue weighted by Gasteiger charge is -2.35. The fourth-order valence-electron chi connectivity index (χ4n) is 4.30. The summed E-state index contributed by atoms with van der Waals surface area (Å²) in [5.74, 6) is 2.12. The highest BCUT2D eigenvalue weighted by molar-refractivity contribution is 7.08. The lowest BCUT2D eigenvalue weighted by molar-refractivity contribution is 0.0480. The van der Waals surface area contributed by atoms with Crippen molar-refractivity contribution >= 4 is 28.2 Å². The second kappa shape index (κ2) is 13.1. The summed E-state index contributed by atoms with van der Waals surface area (Å²) >= 11 is 3.46. The molecule has 3 aromatic rings. The van der Waals surface area contributed by atoms with Gasteiger partial charge < -0.3 is 24.1 Å². The molecule has 1 aromatic carbocycles. The summed E-state index contributed by atoms with van der Waals surface area (Å²) in [4.78, 5) is 4.76. The molecule has 1 atom stereocenters. The maximum absolute atomic E-state index is 10.6. The van der Waals surface area contributed by atoms with Crippen LogP contribution in [0.1, 0.15) is 11.1 Å². The van der Waals surface area contributed by atoms with Gasteiger partial charge in [0.25, 0.3) is 0 Å². The number of rotatable bonds is 12. The minimum absolute atomic E-state index is 0.187. The van der Waals surface area contributed by atoms with Crippen molar-refractivity contribution in [2.24, 2.45) is 0 Å². The molecule has 1 aliphatic heterocycles. The van der Waals surface area contributed by atoms with Crippen LogP contribution in [-0.2, 0) is 0 Å². The molecule has 1 saturated heterocycles. The Hall–Kier alpha value is -2.56. The zero-order valence-corrected chi connectivity index (χ0v) is 22.6. The lowest BCUT2D eigenvalue weighted by atomic mass is 10.0. The summed E-state index contributed by atoms with van der Waals surface area (Å²) < 4.78 is 21.9. The largest absolute Gasteiger partial charge is 0.493 e. The van der Waals surface area contributed by atoms with Crippen LogP contribution >= 0.6 is 22.7 Å². The summed E-state index contributed by atoms with van der Waals surface area (Å²) in [6, 6.07) is 7.85. The van der Waals surface area contributed by atoms with Gasteiger partial charge in [0.2, 0.25) is 5.75 Å². The van der Waals surface area contributed by atoms with Gasteiger partial charge in [-0.15, -0.1) is 0 Å². The topological polar surface area (TPSA) is 63.6 Å². The highest BCUT2D eigenvalue weighted by Gasteiger charge is 2.20. The molecule has 1 N–H and O–H groups in total. The predicted octanol–water partition coefficient (Wildman–Crippen LogP) is 4.32. The van der Waals surface area contributed by atoms with Crippen molar-refractivity contribution in [3.63, 3.8) is 0 Å². The molecule has 9 heteroatoms. The van der Waals surface area contributed by atoms with Crippen molar-refractivity contribution in [3.05, 3.63) is 63.0 Å². The van der Waals surface area contributed by atoms with Crippen molar-refractivity contribution in [1.29, 1.82) is 0 Å². The number of aliphatic hydroxyl groups excluding tert-OH is 1. The first-order valence-corrected chi connectivity index (χ1v) is 13.8. The Balaban J connectivity index is 1.25. The Morgan fingerprint density at radius 1 is 0.917 bits per heavy atom. The summed E-state index contributed by atoms with van der Waals surface area (Å²) in [6.07, 6.45) is 1.75. The number of methoxy groups -OCH3 is 3. The van der Waals surface area contributed by atoms with Crippen LogP contribution in [0.2, 0.25) is 0 Å². The molecule has 3 heterocycles. The molecular formula is C27H34N2O5S2. The fraction of sp³-hybridized carbons (Fsp3) is 0.407. The van der Waals surface area contributed by atoms with Gasteiger partial charge in [0, 0.05) is 51.4 Å². The van der Waals surface area contributed by atoms with E-state index in [-0.39, 0.29) is 6.61 Å². The predicted molar refractivity (Wildman–Crippen MR) is 146 cm³/mol. The third-order valence-electron chi connectivity index (χ3n) is 6.23. The highest BCUT2D eigenvalue weighted by atomic mass is 32.1. The number of benzene rings is 1. The van der Waals surface area contributed by atoms with Crippen molar-refractivity contribution in [3.8, 4) is 23.0 Å². The van der Waals surface area contributed by atoms with Gasteiger partial charge in [0.05, 0.1) is 21.3 Å². The van der Waals surface area contributed by atoms with E-state index in [0.29, 0.717) is 29.5 Å². The van der Waals surface area contributed by atoms with Crippen LogP contribution in [0.3, 0.4) is 0 Å². The number of aliphatic hydroxyl groups is 1. The normalized spacial score (nSPS) is 15.3. The Morgan fingerprint density at radius 3 is 2.00 bits per heavy atom. The first-order chi connectivity index (χ1) is 17.6. The van der Waals surface area contributed by atoms with E-state index >= 15 is 0 Å². The van der Waals surface area contributed by atoms with Crippen molar-refractivity contribution in [2.75, 3.05) is 67.2 Å². The maximum atomic E-state index is 10.6. The zero-order chi connectivity index (χ0) is 25.3. The van der Waals surface area contributed by atoms with Crippen molar-refractivity contribution in [1.82, 2.24) is 9.80 Å². The Kier molecular flexibility index (Phi) is 9.66. The van der Waals surface area contributed by atoms with Crippen LogP contribution in [0, 0.1) is 0 Å². The van der Waals surface area contributed by atoms with Crippen LogP contribution in [0.4, 0.5) is 0 Å². The van der Waals surface area contributed by atoms with Crippen LogP contribution in [0.25, 0.3) is 5.57 Å². The number of piperazine rings is 1. The Bertz CT molecular complexity index is 1030. The molecule has 7 nitrogen and oxygen atoms in total. The summed E-state index contributed by atoms with van der Waals surface area (Å²) in [6.45, 7) is 5.45. The standard InChI is InChI=1S/C27H34N2O5S2/c1-31-25-14-23(15-26(32-2)27(25)33-3)34-17-22(30)16-29-10-8-28(9-11-29)7-4-24(20-5-12-35-18-20)21-6-13-36-19-21/h4-6,12-15,18-19,22,30H,7-11,16-17H2,1-3H3. The number of ether oxygens (including phenoxy) is 4. The van der Waals surface area contributed by atoms with Gasteiger partial charge in [-0.2, -0.15) is 22.7 Å². The summed E-state index contributed by atoms with van der Waals surface area (Å²) in [5, 5.41) is 19.3. The number of nitrogens with zero attached hydrogens (tertiary/aromatic N) is 2. The summed E-state index contributed by atoms with van der Waals surface area (Å²) in [7, 11) is 4.69. The monoisotopic (exact) mass is 530 g/mol. The van der Waals surface area contributed by atoms with E-state index in [2.05, 4.69) is 49.5 Å². The minimum Gasteiger partial charge on any atom is -0.493 e. The second-order valence-corrected chi connectivity index (χ2v) is 10.1. The van der Waals surface area contributed by atoms with Gasteiger partial charge in [0.15, 0.2) is 11.5 Å². The zero-order valence-electron chi connectivity index (χ0n) is 21.0. The molecule has 194 valence electrons. The van der Waals surface area contributed by atoms with Crippen LogP contribution < -0.4 is 18.9 Å². The molecule has 1 unspecified atom stereocenters. The van der Waals surface area contributed by atoms with Crippen LogP contribution in [0.5, 0.6) is 23.0 Å². The van der Waals surface area contributed by atoms with E-state index in [4.69, 9.17) is 18.9 Å². The number of thiophene rings is 2. The van der Waals surface area contributed by atoms with E-state index in [1.165, 1.54) is 16.7 Å². The lowest BCUT2D eigenvalue weighted by Crippen LogP contribution is -2.49. The Labute approximate surface area is 221 Å². The molecule has 0 saturated carbocycles. The molecule has 0 amide bonds. The van der Waals surface area contributed by atoms with Crippen LogP contribution in [-0.4, -0.2) is 88.2 Å². The number of β-amino-alcohol motifs (C(OH)–C–C–N with tert-alkyl or cyclic N) is 1. The highest BCUT2D eigenvalue weighted by Crippen LogP contribution is 2.40. The third kappa shape index (κ3) is 6.80. The molecule has 0 bridgehead atoms. The van der Waals surface area contributed by atoms with Crippen molar-refractivity contribution in [2.45, 2.75) is 6.10 Å². The quantitative estimate of drug-likeness (QED) is 0.374. The number of hydrogen-bond acceptors (Lipinski definition) is 9. The molecule has 36 heavy (non-hydrogen) atoms. The maximum Gasteiger partial charge on any atom is 0.203 e. The molecular weight excluding hydrogens is 496 g/mol. The average Bonchev–Trinajstić information content (AvgIpc) is 3.63. The second-order valence-electron chi connectivity index (χ2n) is 8.57. The minimum atomic E-state index is -0.598. The SMILES string of the molecule is COc1cc(OCC(O)CN2CCN(CC=C(c3ccsc3)c3ccsc3)CC2)cc(OC)c1OC. The van der Waals surface area contributed by atoms with Crippen LogP contribution in [0.15, 0.2) is 51.9 Å². The van der Waals surface area contributed by atoms with E-state index in [0.717, 1.165) is 32.7 Å².